The van der Waals surface area contributed by atoms with Gasteiger partial charge >= 0.3 is 0 Å². The first kappa shape index (κ1) is 14.0. The Kier molecular flexibility index (Phi) is 6.06. The van der Waals surface area contributed by atoms with E-state index in [1.165, 1.54) is 18.4 Å². The minimum atomic E-state index is 0.392. The lowest BCUT2D eigenvalue weighted by molar-refractivity contribution is 0.251. The van der Waals surface area contributed by atoms with Crippen LogP contribution in [0.25, 0.3) is 0 Å². The number of rotatable bonds is 7. The van der Waals surface area contributed by atoms with Crippen LogP contribution in [0.2, 0.25) is 0 Å². The van der Waals surface area contributed by atoms with E-state index in [1.807, 2.05) is 7.05 Å². The molecule has 0 saturated carbocycles. The third-order valence-electron chi connectivity index (χ3n) is 3.13. The van der Waals surface area contributed by atoms with Crippen molar-refractivity contribution in [3.63, 3.8) is 0 Å². The third kappa shape index (κ3) is 4.78. The van der Waals surface area contributed by atoms with E-state index in [0.29, 0.717) is 12.0 Å². The molecule has 2 heteroatoms. The maximum absolute atomic E-state index is 5.77. The van der Waals surface area contributed by atoms with Crippen molar-refractivity contribution in [1.82, 2.24) is 5.32 Å². The maximum atomic E-state index is 5.77. The second-order valence-corrected chi connectivity index (χ2v) is 4.78. The van der Waals surface area contributed by atoms with Gasteiger partial charge in [-0.25, -0.2) is 0 Å². The summed E-state index contributed by atoms with van der Waals surface area (Å²) >= 11 is 0. The predicted molar refractivity (Wildman–Crippen MR) is 73.5 cm³/mol. The molecule has 0 spiro atoms. The molecule has 0 radical (unpaired) electrons. The molecule has 1 aromatic rings. The monoisotopic (exact) mass is 235 g/mol. The van der Waals surface area contributed by atoms with Crippen molar-refractivity contribution >= 4 is 0 Å². The first-order chi connectivity index (χ1) is 8.17. The van der Waals surface area contributed by atoms with Gasteiger partial charge in [-0.1, -0.05) is 32.4 Å². The Balaban J connectivity index is 2.45. The van der Waals surface area contributed by atoms with Gasteiger partial charge in [-0.3, -0.25) is 0 Å². The van der Waals surface area contributed by atoms with Crippen molar-refractivity contribution in [2.45, 2.75) is 39.7 Å². The average Bonchev–Trinajstić information content (AvgIpc) is 2.36. The van der Waals surface area contributed by atoms with E-state index in [9.17, 15) is 0 Å². The normalized spacial score (nSPS) is 14.4. The summed E-state index contributed by atoms with van der Waals surface area (Å²) in [6.07, 6.45) is 2.46. The van der Waals surface area contributed by atoms with Crippen molar-refractivity contribution in [3.8, 4) is 5.75 Å². The lowest BCUT2D eigenvalue weighted by atomic mass is 10.1. The summed E-state index contributed by atoms with van der Waals surface area (Å²) in [5.74, 6) is 1.61. The molecule has 1 N–H and O–H groups in total. The molecule has 0 aliphatic heterocycles. The summed E-state index contributed by atoms with van der Waals surface area (Å²) < 4.78 is 5.77. The molecule has 0 aliphatic carbocycles. The fraction of sp³-hybridized carbons (Fsp3) is 0.600. The highest BCUT2D eigenvalue weighted by atomic mass is 16.5. The third-order valence-corrected chi connectivity index (χ3v) is 3.13. The maximum Gasteiger partial charge on any atom is 0.119 e. The first-order valence-corrected chi connectivity index (χ1v) is 6.57. The fourth-order valence-corrected chi connectivity index (χ4v) is 1.83. The van der Waals surface area contributed by atoms with Crippen LogP contribution in [0, 0.1) is 5.92 Å². The first-order valence-electron chi connectivity index (χ1n) is 6.57. The topological polar surface area (TPSA) is 21.3 Å². The molecule has 1 aromatic carbocycles. The number of hydrogen-bond acceptors (Lipinski definition) is 2. The highest BCUT2D eigenvalue weighted by Crippen LogP contribution is 2.18. The Morgan fingerprint density at radius 3 is 2.35 bits per heavy atom. The minimum Gasteiger partial charge on any atom is -0.493 e. The van der Waals surface area contributed by atoms with Crippen LogP contribution in [0.1, 0.15) is 45.2 Å². The molecule has 0 amide bonds. The smallest absolute Gasteiger partial charge is 0.119 e. The van der Waals surface area contributed by atoms with Gasteiger partial charge in [0, 0.05) is 6.04 Å². The predicted octanol–water partition coefficient (Wildman–Crippen LogP) is 3.78. The quantitative estimate of drug-likeness (QED) is 0.776. The summed E-state index contributed by atoms with van der Waals surface area (Å²) in [7, 11) is 1.97. The van der Waals surface area contributed by atoms with Crippen LogP contribution >= 0.6 is 0 Å². The Labute approximate surface area is 105 Å². The zero-order chi connectivity index (χ0) is 12.7. The molecule has 2 unspecified atom stereocenters. The van der Waals surface area contributed by atoms with Crippen molar-refractivity contribution in [2.75, 3.05) is 13.7 Å². The van der Waals surface area contributed by atoms with Crippen molar-refractivity contribution in [3.05, 3.63) is 29.8 Å². The van der Waals surface area contributed by atoms with E-state index >= 15 is 0 Å². The molecular formula is C15H25NO. The zero-order valence-corrected chi connectivity index (χ0v) is 11.5. The number of ether oxygens (including phenoxy) is 1. The molecule has 96 valence electrons. The van der Waals surface area contributed by atoms with Gasteiger partial charge in [-0.15, -0.1) is 0 Å². The van der Waals surface area contributed by atoms with Crippen molar-refractivity contribution < 1.29 is 4.74 Å². The van der Waals surface area contributed by atoms with Crippen molar-refractivity contribution in [2.24, 2.45) is 5.92 Å². The van der Waals surface area contributed by atoms with Crippen LogP contribution < -0.4 is 10.1 Å². The molecule has 0 aromatic heterocycles. The van der Waals surface area contributed by atoms with Crippen molar-refractivity contribution in [1.29, 1.82) is 0 Å². The zero-order valence-electron chi connectivity index (χ0n) is 11.5. The Hall–Kier alpha value is -1.02. The van der Waals surface area contributed by atoms with Crippen LogP contribution in [0.3, 0.4) is 0 Å². The highest BCUT2D eigenvalue weighted by Gasteiger charge is 2.04. The Morgan fingerprint density at radius 1 is 1.18 bits per heavy atom. The summed E-state index contributed by atoms with van der Waals surface area (Å²) in [4.78, 5) is 0. The van der Waals surface area contributed by atoms with E-state index in [-0.39, 0.29) is 0 Å². The van der Waals surface area contributed by atoms with Gasteiger partial charge in [0.05, 0.1) is 6.61 Å². The van der Waals surface area contributed by atoms with Crippen LogP contribution in [0.15, 0.2) is 24.3 Å². The van der Waals surface area contributed by atoms with Crippen LogP contribution in [0.4, 0.5) is 0 Å². The molecular weight excluding hydrogens is 210 g/mol. The van der Waals surface area contributed by atoms with Crippen LogP contribution in [-0.4, -0.2) is 13.7 Å². The van der Waals surface area contributed by atoms with Crippen LogP contribution in [-0.2, 0) is 0 Å². The molecule has 2 nitrogen and oxygen atoms in total. The standard InChI is InChI=1S/C15H25NO/c1-5-6-12(2)11-17-15-9-7-14(8-10-15)13(3)16-4/h7-10,12-13,16H,5-6,11H2,1-4H3. The molecule has 0 aliphatic rings. The van der Waals surface area contributed by atoms with Gasteiger partial charge in [0.1, 0.15) is 5.75 Å². The highest BCUT2D eigenvalue weighted by molar-refractivity contribution is 5.28. The van der Waals surface area contributed by atoms with E-state index in [2.05, 4.69) is 50.4 Å². The lowest BCUT2D eigenvalue weighted by Gasteiger charge is -2.14. The number of nitrogens with one attached hydrogen (secondary N) is 1. The largest absolute Gasteiger partial charge is 0.493 e. The summed E-state index contributed by atoms with van der Waals surface area (Å²) in [5, 5.41) is 3.23. The molecule has 0 fully saturated rings. The summed E-state index contributed by atoms with van der Waals surface area (Å²) in [6, 6.07) is 8.76. The fourth-order valence-electron chi connectivity index (χ4n) is 1.83. The Morgan fingerprint density at radius 2 is 1.82 bits per heavy atom. The number of benzene rings is 1. The van der Waals surface area contributed by atoms with Gasteiger partial charge in [0.25, 0.3) is 0 Å². The van der Waals surface area contributed by atoms with Crippen LogP contribution in [0.5, 0.6) is 5.75 Å². The van der Waals surface area contributed by atoms with Gasteiger partial charge in [0.2, 0.25) is 0 Å². The molecule has 0 bridgehead atoms. The molecule has 2 atom stereocenters. The van der Waals surface area contributed by atoms with E-state index in [4.69, 9.17) is 4.74 Å². The second-order valence-electron chi connectivity index (χ2n) is 4.78. The molecule has 0 saturated heterocycles. The van der Waals surface area contributed by atoms with E-state index < -0.39 is 0 Å². The number of hydrogen-bond donors (Lipinski definition) is 1. The molecule has 1 rings (SSSR count). The van der Waals surface area contributed by atoms with Gasteiger partial charge < -0.3 is 10.1 Å². The minimum absolute atomic E-state index is 0.392. The lowest BCUT2D eigenvalue weighted by Crippen LogP contribution is -2.12. The SMILES string of the molecule is CCCC(C)COc1ccc(C(C)NC)cc1. The summed E-state index contributed by atoms with van der Waals surface area (Å²) in [5.41, 5.74) is 1.29. The average molecular weight is 235 g/mol. The Bertz CT molecular complexity index is 307. The van der Waals surface area contributed by atoms with E-state index in [1.54, 1.807) is 0 Å². The van der Waals surface area contributed by atoms with Gasteiger partial charge in [-0.2, -0.15) is 0 Å². The van der Waals surface area contributed by atoms with E-state index in [0.717, 1.165) is 12.4 Å². The van der Waals surface area contributed by atoms with Gasteiger partial charge in [0.15, 0.2) is 0 Å². The van der Waals surface area contributed by atoms with Gasteiger partial charge in [-0.05, 0) is 44.0 Å². The molecule has 17 heavy (non-hydrogen) atoms. The second kappa shape index (κ2) is 7.33. The summed E-state index contributed by atoms with van der Waals surface area (Å²) in [6.45, 7) is 7.42. The molecule has 0 heterocycles.